The van der Waals surface area contributed by atoms with Crippen molar-refractivity contribution in [1.82, 2.24) is 4.90 Å². The van der Waals surface area contributed by atoms with Crippen molar-refractivity contribution < 1.29 is 9.90 Å². The highest BCUT2D eigenvalue weighted by Crippen LogP contribution is 2.32. The fourth-order valence-electron chi connectivity index (χ4n) is 2.55. The molecule has 0 radical (unpaired) electrons. The molecular formula is C18H23ClN2O2. The minimum atomic E-state index is -1.82. The van der Waals surface area contributed by atoms with Gasteiger partial charge in [-0.3, -0.25) is 4.79 Å². The Bertz CT molecular complexity index is 646. The number of likely N-dealkylation sites (N-methyl/N-ethyl adjacent to an activating group) is 1. The van der Waals surface area contributed by atoms with Crippen LogP contribution in [0.15, 0.2) is 54.6 Å². The molecule has 0 aromatic heterocycles. The summed E-state index contributed by atoms with van der Waals surface area (Å²) in [5, 5.41) is 11.1. The van der Waals surface area contributed by atoms with Crippen molar-refractivity contribution in [2.45, 2.75) is 12.0 Å². The van der Waals surface area contributed by atoms with Crippen LogP contribution >= 0.6 is 12.4 Å². The topological polar surface area (TPSA) is 66.6 Å². The number of carbonyl (C=O) groups excluding carboxylic acids is 1. The fourth-order valence-corrected chi connectivity index (χ4v) is 2.55. The summed E-state index contributed by atoms with van der Waals surface area (Å²) in [5.74, 6) is -0.768. The highest BCUT2D eigenvalue weighted by molar-refractivity contribution is 5.89. The first kappa shape index (κ1) is 19.2. The van der Waals surface area contributed by atoms with Crippen molar-refractivity contribution >= 4 is 18.3 Å². The molecule has 0 fully saturated rings. The number of aliphatic hydroxyl groups is 1. The Morgan fingerprint density at radius 3 is 2.22 bits per heavy atom. The normalized spacial score (nSPS) is 13.2. The minimum absolute atomic E-state index is 0. The van der Waals surface area contributed by atoms with Gasteiger partial charge in [-0.1, -0.05) is 54.6 Å². The average molecular weight is 335 g/mol. The van der Waals surface area contributed by atoms with Gasteiger partial charge in [-0.15, -0.1) is 12.4 Å². The van der Waals surface area contributed by atoms with E-state index in [1.54, 1.807) is 30.3 Å². The number of primary amides is 1. The fraction of sp³-hybridized carbons (Fsp3) is 0.278. The first-order valence-electron chi connectivity index (χ1n) is 7.27. The maximum Gasteiger partial charge on any atom is 0.258 e. The second-order valence-electron chi connectivity index (χ2n) is 5.65. The van der Waals surface area contributed by atoms with E-state index >= 15 is 0 Å². The Morgan fingerprint density at radius 2 is 1.65 bits per heavy atom. The quantitative estimate of drug-likeness (QED) is 0.848. The van der Waals surface area contributed by atoms with Crippen LogP contribution in [-0.2, 0) is 16.8 Å². The summed E-state index contributed by atoms with van der Waals surface area (Å²) in [4.78, 5) is 14.1. The molecule has 124 valence electrons. The van der Waals surface area contributed by atoms with Gasteiger partial charge in [0.1, 0.15) is 0 Å². The number of nitrogens with two attached hydrogens (primary N) is 1. The molecule has 1 amide bonds. The smallest absolute Gasteiger partial charge is 0.258 e. The van der Waals surface area contributed by atoms with E-state index < -0.39 is 11.5 Å². The highest BCUT2D eigenvalue weighted by Gasteiger charge is 2.39. The zero-order valence-corrected chi connectivity index (χ0v) is 14.2. The Balaban J connectivity index is 0.00000264. The molecule has 3 N–H and O–H groups in total. The van der Waals surface area contributed by atoms with Gasteiger partial charge < -0.3 is 15.7 Å². The molecule has 0 saturated heterocycles. The lowest BCUT2D eigenvalue weighted by atomic mass is 9.82. The molecule has 0 aliphatic carbocycles. The second kappa shape index (κ2) is 8.11. The Morgan fingerprint density at radius 1 is 1.09 bits per heavy atom. The molecule has 0 spiro atoms. The number of benzene rings is 2. The van der Waals surface area contributed by atoms with Crippen molar-refractivity contribution in [2.24, 2.45) is 5.73 Å². The lowest BCUT2D eigenvalue weighted by Crippen LogP contribution is -2.43. The van der Waals surface area contributed by atoms with E-state index in [9.17, 15) is 9.90 Å². The third kappa shape index (κ3) is 4.10. The number of halogens is 1. The average Bonchev–Trinajstić information content (AvgIpc) is 2.53. The summed E-state index contributed by atoms with van der Waals surface area (Å²) >= 11 is 0. The van der Waals surface area contributed by atoms with Gasteiger partial charge in [-0.25, -0.2) is 0 Å². The summed E-state index contributed by atoms with van der Waals surface area (Å²) in [6.07, 6.45) is 0.728. The molecule has 2 aromatic carbocycles. The first-order valence-corrected chi connectivity index (χ1v) is 7.27. The van der Waals surface area contributed by atoms with Gasteiger partial charge in [0.2, 0.25) is 0 Å². The standard InChI is InChI=1S/C18H22N2O2.ClH/c1-20(2)13-12-14-8-6-7-11-16(14)18(22,17(19)21)15-9-4-3-5-10-15;/h3-11,22H,12-13H2,1-2H3,(H2,19,21);1H. The number of carbonyl (C=O) groups is 1. The zero-order valence-electron chi connectivity index (χ0n) is 13.4. The van der Waals surface area contributed by atoms with Crippen LogP contribution in [0.1, 0.15) is 16.7 Å². The number of amides is 1. The summed E-state index contributed by atoms with van der Waals surface area (Å²) in [6.45, 7) is 0.820. The first-order chi connectivity index (χ1) is 10.5. The van der Waals surface area contributed by atoms with E-state index in [0.717, 1.165) is 18.5 Å². The molecule has 1 unspecified atom stereocenters. The van der Waals surface area contributed by atoms with Gasteiger partial charge in [0.25, 0.3) is 5.91 Å². The van der Waals surface area contributed by atoms with Gasteiger partial charge in [0.15, 0.2) is 5.60 Å². The second-order valence-corrected chi connectivity index (χ2v) is 5.65. The van der Waals surface area contributed by atoms with Crippen LogP contribution in [-0.4, -0.2) is 36.6 Å². The maximum atomic E-state index is 12.1. The van der Waals surface area contributed by atoms with E-state index in [1.165, 1.54) is 0 Å². The van der Waals surface area contributed by atoms with Crippen molar-refractivity contribution in [3.8, 4) is 0 Å². The summed E-state index contributed by atoms with van der Waals surface area (Å²) < 4.78 is 0. The van der Waals surface area contributed by atoms with Crippen molar-refractivity contribution in [2.75, 3.05) is 20.6 Å². The molecule has 0 aliphatic rings. The summed E-state index contributed by atoms with van der Waals surface area (Å²) in [7, 11) is 3.97. The molecule has 2 rings (SSSR count). The molecule has 0 aliphatic heterocycles. The predicted octanol–water partition coefficient (Wildman–Crippen LogP) is 1.93. The molecule has 1 atom stereocenters. The van der Waals surface area contributed by atoms with E-state index in [2.05, 4.69) is 4.90 Å². The maximum absolute atomic E-state index is 12.1. The SMILES string of the molecule is CN(C)CCc1ccccc1C(O)(C(N)=O)c1ccccc1.Cl. The number of hydrogen-bond donors (Lipinski definition) is 2. The van der Waals surface area contributed by atoms with Gasteiger partial charge in [0, 0.05) is 12.1 Å². The van der Waals surface area contributed by atoms with E-state index in [-0.39, 0.29) is 12.4 Å². The Kier molecular flexibility index (Phi) is 6.76. The Hall–Kier alpha value is -1.88. The van der Waals surface area contributed by atoms with E-state index in [0.29, 0.717) is 11.1 Å². The molecule has 4 nitrogen and oxygen atoms in total. The molecule has 0 heterocycles. The van der Waals surface area contributed by atoms with Crippen LogP contribution in [0.25, 0.3) is 0 Å². The monoisotopic (exact) mass is 334 g/mol. The Labute approximate surface area is 143 Å². The molecule has 23 heavy (non-hydrogen) atoms. The predicted molar refractivity (Wildman–Crippen MR) is 94.6 cm³/mol. The lowest BCUT2D eigenvalue weighted by Gasteiger charge is -2.28. The summed E-state index contributed by atoms with van der Waals surface area (Å²) in [6, 6.07) is 16.2. The largest absolute Gasteiger partial charge is 0.372 e. The van der Waals surface area contributed by atoms with Gasteiger partial charge in [0.05, 0.1) is 0 Å². The molecular weight excluding hydrogens is 312 g/mol. The molecule has 5 heteroatoms. The highest BCUT2D eigenvalue weighted by atomic mass is 35.5. The van der Waals surface area contributed by atoms with Gasteiger partial charge >= 0.3 is 0 Å². The van der Waals surface area contributed by atoms with Crippen molar-refractivity contribution in [1.29, 1.82) is 0 Å². The van der Waals surface area contributed by atoms with Gasteiger partial charge in [-0.2, -0.15) is 0 Å². The van der Waals surface area contributed by atoms with Crippen molar-refractivity contribution in [3.63, 3.8) is 0 Å². The van der Waals surface area contributed by atoms with Crippen LogP contribution in [0, 0.1) is 0 Å². The minimum Gasteiger partial charge on any atom is -0.372 e. The van der Waals surface area contributed by atoms with E-state index in [1.807, 2.05) is 38.4 Å². The molecule has 0 saturated carbocycles. The lowest BCUT2D eigenvalue weighted by molar-refractivity contribution is -0.133. The van der Waals surface area contributed by atoms with E-state index in [4.69, 9.17) is 5.73 Å². The van der Waals surface area contributed by atoms with Crippen LogP contribution in [0.4, 0.5) is 0 Å². The number of rotatable bonds is 6. The van der Waals surface area contributed by atoms with Crippen LogP contribution in [0.3, 0.4) is 0 Å². The van der Waals surface area contributed by atoms with Crippen LogP contribution in [0.5, 0.6) is 0 Å². The molecule has 0 bridgehead atoms. The number of nitrogens with zero attached hydrogens (tertiary/aromatic N) is 1. The number of hydrogen-bond acceptors (Lipinski definition) is 3. The third-order valence-electron chi connectivity index (χ3n) is 3.78. The third-order valence-corrected chi connectivity index (χ3v) is 3.78. The van der Waals surface area contributed by atoms with Crippen molar-refractivity contribution in [3.05, 3.63) is 71.3 Å². The van der Waals surface area contributed by atoms with Crippen LogP contribution < -0.4 is 5.73 Å². The van der Waals surface area contributed by atoms with Crippen LogP contribution in [0.2, 0.25) is 0 Å². The van der Waals surface area contributed by atoms with Gasteiger partial charge in [-0.05, 0) is 31.6 Å². The molecule has 2 aromatic rings. The zero-order chi connectivity index (χ0) is 16.2. The summed E-state index contributed by atoms with van der Waals surface area (Å²) in [5.41, 5.74) is 5.70.